The van der Waals surface area contributed by atoms with Crippen molar-refractivity contribution in [2.75, 3.05) is 5.75 Å². The van der Waals surface area contributed by atoms with E-state index in [1.165, 1.54) is 6.07 Å². The number of carbonyl (C=O) groups is 1. The lowest BCUT2D eigenvalue weighted by Crippen LogP contribution is -2.17. The predicted octanol–water partition coefficient (Wildman–Crippen LogP) is 2.74. The Labute approximate surface area is 114 Å². The topological polar surface area (TPSA) is 60.4 Å². The first kappa shape index (κ1) is 15.7. The predicted molar refractivity (Wildman–Crippen MR) is 74.1 cm³/mol. The van der Waals surface area contributed by atoms with E-state index in [0.717, 1.165) is 5.56 Å². The van der Waals surface area contributed by atoms with Crippen LogP contribution in [0.25, 0.3) is 0 Å². The molecule has 0 aliphatic heterocycles. The summed E-state index contributed by atoms with van der Waals surface area (Å²) in [4.78, 5) is 12.1. The molecule has 106 valence electrons. The molecule has 5 heteroatoms. The normalized spacial score (nSPS) is 11.6. The van der Waals surface area contributed by atoms with Gasteiger partial charge in [0.1, 0.15) is 0 Å². The minimum atomic E-state index is -3.44. The Morgan fingerprint density at radius 1 is 1.32 bits per heavy atom. The summed E-state index contributed by atoms with van der Waals surface area (Å²) in [5.41, 5.74) is 0.952. The first-order valence-electron chi connectivity index (χ1n) is 6.32. The van der Waals surface area contributed by atoms with E-state index in [0.29, 0.717) is 6.42 Å². The highest BCUT2D eigenvalue weighted by Crippen LogP contribution is 2.21. The molecule has 0 heterocycles. The van der Waals surface area contributed by atoms with E-state index < -0.39 is 15.8 Å². The summed E-state index contributed by atoms with van der Waals surface area (Å²) in [6, 6.07) is 4.74. The van der Waals surface area contributed by atoms with Crippen molar-refractivity contribution in [3.63, 3.8) is 0 Å². The van der Waals surface area contributed by atoms with Gasteiger partial charge in [-0.15, -0.1) is 0 Å². The van der Waals surface area contributed by atoms with Crippen molar-refractivity contribution < 1.29 is 17.9 Å². The van der Waals surface area contributed by atoms with Gasteiger partial charge in [-0.3, -0.25) is 0 Å². The maximum Gasteiger partial charge on any atom is 0.339 e. The Kier molecular flexibility index (Phi) is 5.11. The van der Waals surface area contributed by atoms with Crippen LogP contribution in [-0.4, -0.2) is 26.2 Å². The number of carbonyl (C=O) groups excluding carboxylic acids is 1. The highest BCUT2D eigenvalue weighted by atomic mass is 32.2. The molecule has 0 saturated heterocycles. The molecule has 1 rings (SSSR count). The first-order chi connectivity index (χ1) is 8.77. The van der Waals surface area contributed by atoms with Crippen molar-refractivity contribution in [1.29, 1.82) is 0 Å². The molecule has 0 unspecified atom stereocenters. The van der Waals surface area contributed by atoms with Crippen molar-refractivity contribution in [3.05, 3.63) is 29.3 Å². The molecule has 0 atom stereocenters. The fraction of sp³-hybridized carbons (Fsp3) is 0.500. The molecule has 1 aromatic rings. The van der Waals surface area contributed by atoms with Crippen LogP contribution in [0, 0.1) is 6.92 Å². The van der Waals surface area contributed by atoms with Gasteiger partial charge < -0.3 is 4.74 Å². The van der Waals surface area contributed by atoms with Gasteiger partial charge in [0.15, 0.2) is 9.84 Å². The van der Waals surface area contributed by atoms with Crippen molar-refractivity contribution in [3.8, 4) is 0 Å². The summed E-state index contributed by atoms with van der Waals surface area (Å²) in [6.07, 6.45) is 0.226. The summed E-state index contributed by atoms with van der Waals surface area (Å²) in [7, 11) is -3.44. The fourth-order valence-electron chi connectivity index (χ4n) is 1.73. The zero-order chi connectivity index (χ0) is 14.6. The second-order valence-electron chi connectivity index (χ2n) is 4.77. The Morgan fingerprint density at radius 2 is 1.95 bits per heavy atom. The lowest BCUT2D eigenvalue weighted by atomic mass is 10.1. The highest BCUT2D eigenvalue weighted by molar-refractivity contribution is 7.91. The maximum atomic E-state index is 12.1. The molecule has 0 spiro atoms. The lowest BCUT2D eigenvalue weighted by Gasteiger charge is -2.12. The van der Waals surface area contributed by atoms with Crippen LogP contribution >= 0.6 is 0 Å². The minimum absolute atomic E-state index is 0.0258. The van der Waals surface area contributed by atoms with Crippen LogP contribution in [0.3, 0.4) is 0 Å². The summed E-state index contributed by atoms with van der Waals surface area (Å²) in [6.45, 7) is 7.06. The number of rotatable bonds is 5. The van der Waals surface area contributed by atoms with Crippen molar-refractivity contribution in [2.24, 2.45) is 0 Å². The number of esters is 1. The van der Waals surface area contributed by atoms with Gasteiger partial charge in [0.2, 0.25) is 0 Å². The molecule has 0 N–H and O–H groups in total. The molecule has 19 heavy (non-hydrogen) atoms. The Bertz CT molecular complexity index is 559. The van der Waals surface area contributed by atoms with Crippen LogP contribution in [0.2, 0.25) is 0 Å². The molecule has 0 aliphatic rings. The summed E-state index contributed by atoms with van der Waals surface area (Å²) in [5, 5.41) is 0. The summed E-state index contributed by atoms with van der Waals surface area (Å²) < 4.78 is 29.4. The number of hydrogen-bond acceptors (Lipinski definition) is 4. The van der Waals surface area contributed by atoms with Crippen LogP contribution in [0.4, 0.5) is 0 Å². The molecule has 1 aromatic carbocycles. The molecular formula is C14H20O4S. The summed E-state index contributed by atoms with van der Waals surface area (Å²) in [5.74, 6) is -0.564. The zero-order valence-electron chi connectivity index (χ0n) is 11.8. The van der Waals surface area contributed by atoms with E-state index >= 15 is 0 Å². The molecule has 0 bridgehead atoms. The van der Waals surface area contributed by atoms with E-state index in [1.54, 1.807) is 32.9 Å². The smallest absolute Gasteiger partial charge is 0.339 e. The van der Waals surface area contributed by atoms with Crippen LogP contribution in [0.15, 0.2) is 23.1 Å². The largest absolute Gasteiger partial charge is 0.459 e. The average Bonchev–Trinajstić information content (AvgIpc) is 2.27. The van der Waals surface area contributed by atoms with Crippen LogP contribution < -0.4 is 0 Å². The van der Waals surface area contributed by atoms with Crippen molar-refractivity contribution >= 4 is 15.8 Å². The van der Waals surface area contributed by atoms with E-state index in [2.05, 4.69) is 0 Å². The molecule has 0 saturated carbocycles. The number of hydrogen-bond donors (Lipinski definition) is 0. The first-order valence-corrected chi connectivity index (χ1v) is 7.97. The Balaban J connectivity index is 3.30. The third-order valence-electron chi connectivity index (χ3n) is 2.51. The Morgan fingerprint density at radius 3 is 2.47 bits per heavy atom. The highest BCUT2D eigenvalue weighted by Gasteiger charge is 2.23. The Hall–Kier alpha value is -1.36. The maximum absolute atomic E-state index is 12.1. The quantitative estimate of drug-likeness (QED) is 0.780. The van der Waals surface area contributed by atoms with E-state index in [-0.39, 0.29) is 22.3 Å². The van der Waals surface area contributed by atoms with Gasteiger partial charge in [-0.1, -0.05) is 18.6 Å². The van der Waals surface area contributed by atoms with E-state index in [9.17, 15) is 13.2 Å². The number of sulfone groups is 1. The van der Waals surface area contributed by atoms with Crippen molar-refractivity contribution in [2.45, 2.75) is 45.1 Å². The van der Waals surface area contributed by atoms with Gasteiger partial charge in [-0.05, 0) is 39.3 Å². The second-order valence-corrected chi connectivity index (χ2v) is 6.85. The molecule has 0 radical (unpaired) electrons. The summed E-state index contributed by atoms with van der Waals surface area (Å²) >= 11 is 0. The van der Waals surface area contributed by atoms with Crippen LogP contribution in [0.1, 0.15) is 43.1 Å². The van der Waals surface area contributed by atoms with Crippen LogP contribution in [-0.2, 0) is 14.6 Å². The lowest BCUT2D eigenvalue weighted by molar-refractivity contribution is 0.0373. The molecule has 0 fully saturated rings. The fourth-order valence-corrected chi connectivity index (χ4v) is 3.24. The van der Waals surface area contributed by atoms with Gasteiger partial charge in [0, 0.05) is 0 Å². The van der Waals surface area contributed by atoms with Crippen molar-refractivity contribution in [1.82, 2.24) is 0 Å². The zero-order valence-corrected chi connectivity index (χ0v) is 12.6. The monoisotopic (exact) mass is 284 g/mol. The third-order valence-corrected chi connectivity index (χ3v) is 4.48. The number of aryl methyl sites for hydroxylation is 1. The number of benzene rings is 1. The van der Waals surface area contributed by atoms with Crippen LogP contribution in [0.5, 0.6) is 0 Å². The molecule has 0 aromatic heterocycles. The molecule has 0 aliphatic carbocycles. The van der Waals surface area contributed by atoms with Gasteiger partial charge in [-0.2, -0.15) is 0 Å². The molecule has 0 amide bonds. The number of ether oxygens (including phenoxy) is 1. The van der Waals surface area contributed by atoms with Gasteiger partial charge in [-0.25, -0.2) is 13.2 Å². The average molecular weight is 284 g/mol. The minimum Gasteiger partial charge on any atom is -0.459 e. The van der Waals surface area contributed by atoms with Gasteiger partial charge in [0.25, 0.3) is 0 Å². The standard InChI is InChI=1S/C14H20O4S/c1-5-8-19(16,17)13-7-6-11(4)9-12(13)14(15)18-10(2)3/h6-7,9-10H,5,8H2,1-4H3. The molecular weight excluding hydrogens is 264 g/mol. The van der Waals surface area contributed by atoms with E-state index in [4.69, 9.17) is 4.74 Å². The van der Waals surface area contributed by atoms with Gasteiger partial charge in [0.05, 0.1) is 22.3 Å². The van der Waals surface area contributed by atoms with E-state index in [1.807, 2.05) is 6.92 Å². The third kappa shape index (κ3) is 4.06. The van der Waals surface area contributed by atoms with Gasteiger partial charge >= 0.3 is 5.97 Å². The molecule has 4 nitrogen and oxygen atoms in total. The second kappa shape index (κ2) is 6.19. The SMILES string of the molecule is CCCS(=O)(=O)c1ccc(C)cc1C(=O)OC(C)C.